The van der Waals surface area contributed by atoms with Crippen LogP contribution in [0.4, 0.5) is 13.6 Å². The van der Waals surface area contributed by atoms with Gasteiger partial charge in [-0.25, -0.2) is 4.79 Å². The molecular weight excluding hydrogens is 406 g/mol. The summed E-state index contributed by atoms with van der Waals surface area (Å²) in [6, 6.07) is 11.6. The molecule has 1 N–H and O–H groups in total. The summed E-state index contributed by atoms with van der Waals surface area (Å²) in [5, 5.41) is 2.77. The molecule has 166 valence electrons. The van der Waals surface area contributed by atoms with E-state index in [1.54, 1.807) is 19.1 Å². The summed E-state index contributed by atoms with van der Waals surface area (Å²) < 4.78 is 34.7. The van der Waals surface area contributed by atoms with Crippen LogP contribution in [-0.2, 0) is 11.2 Å². The second-order valence-electron chi connectivity index (χ2n) is 7.81. The molecule has 3 amide bonds. The minimum absolute atomic E-state index is 0.0743. The molecule has 31 heavy (non-hydrogen) atoms. The van der Waals surface area contributed by atoms with Crippen LogP contribution in [0, 0.1) is 13.8 Å². The first-order chi connectivity index (χ1) is 14.7. The van der Waals surface area contributed by atoms with Crippen molar-refractivity contribution in [3.8, 4) is 11.5 Å². The summed E-state index contributed by atoms with van der Waals surface area (Å²) in [5.41, 5.74) is 1.80. The average Bonchev–Trinajstić information content (AvgIpc) is 2.92. The number of carbonyl (C=O) groups is 2. The standard InChI is InChI=1S/C23H26F2N2O4/c1-15-5-4-6-16(2)19(15)30-14-13-27-20(28)23(3,26-22(27)29)12-11-17-7-9-18(10-8-17)31-21(24)25/h4-10,21H,11-14H2,1-3H3,(H,26,29). The van der Waals surface area contributed by atoms with E-state index in [0.717, 1.165) is 22.4 Å². The zero-order valence-electron chi connectivity index (χ0n) is 17.8. The van der Waals surface area contributed by atoms with Gasteiger partial charge in [0.1, 0.15) is 23.6 Å². The first-order valence-electron chi connectivity index (χ1n) is 10.1. The molecular formula is C23H26F2N2O4. The van der Waals surface area contributed by atoms with E-state index in [1.807, 2.05) is 32.0 Å². The highest BCUT2D eigenvalue weighted by Crippen LogP contribution is 2.25. The van der Waals surface area contributed by atoms with Crippen LogP contribution in [0.2, 0.25) is 0 Å². The summed E-state index contributed by atoms with van der Waals surface area (Å²) in [6.45, 7) is 3.05. The molecule has 0 saturated carbocycles. The third-order valence-electron chi connectivity index (χ3n) is 5.38. The summed E-state index contributed by atoms with van der Waals surface area (Å²) in [6.07, 6.45) is 0.866. The van der Waals surface area contributed by atoms with E-state index in [2.05, 4.69) is 10.1 Å². The van der Waals surface area contributed by atoms with Crippen LogP contribution >= 0.6 is 0 Å². The lowest BCUT2D eigenvalue weighted by atomic mass is 9.93. The van der Waals surface area contributed by atoms with E-state index in [4.69, 9.17) is 4.74 Å². The monoisotopic (exact) mass is 432 g/mol. The zero-order valence-corrected chi connectivity index (χ0v) is 17.8. The molecule has 6 nitrogen and oxygen atoms in total. The highest BCUT2D eigenvalue weighted by atomic mass is 19.3. The molecule has 1 fully saturated rings. The topological polar surface area (TPSA) is 67.9 Å². The number of aryl methyl sites for hydroxylation is 3. The van der Waals surface area contributed by atoms with Crippen molar-refractivity contribution in [1.82, 2.24) is 10.2 Å². The number of benzene rings is 2. The third-order valence-corrected chi connectivity index (χ3v) is 5.38. The first-order valence-corrected chi connectivity index (χ1v) is 10.1. The molecule has 3 rings (SSSR count). The molecule has 1 atom stereocenters. The molecule has 1 heterocycles. The zero-order chi connectivity index (χ0) is 22.6. The van der Waals surface area contributed by atoms with Crippen LogP contribution in [0.5, 0.6) is 11.5 Å². The maximum absolute atomic E-state index is 12.9. The van der Waals surface area contributed by atoms with Crippen molar-refractivity contribution in [2.24, 2.45) is 0 Å². The lowest BCUT2D eigenvalue weighted by Crippen LogP contribution is -2.44. The minimum atomic E-state index is -2.87. The van der Waals surface area contributed by atoms with Gasteiger partial charge in [-0.05, 0) is 62.4 Å². The first kappa shape index (κ1) is 22.5. The highest BCUT2D eigenvalue weighted by molar-refractivity contribution is 6.06. The number of nitrogens with one attached hydrogen (secondary N) is 1. The number of amides is 3. The Morgan fingerprint density at radius 3 is 2.32 bits per heavy atom. The van der Waals surface area contributed by atoms with Gasteiger partial charge in [-0.2, -0.15) is 8.78 Å². The van der Waals surface area contributed by atoms with Gasteiger partial charge >= 0.3 is 12.6 Å². The SMILES string of the molecule is Cc1cccc(C)c1OCCN1C(=O)NC(C)(CCc2ccc(OC(F)F)cc2)C1=O. The Bertz CT molecular complexity index is 929. The van der Waals surface area contributed by atoms with E-state index in [9.17, 15) is 18.4 Å². The lowest BCUT2D eigenvalue weighted by molar-refractivity contribution is -0.131. The average molecular weight is 432 g/mol. The summed E-state index contributed by atoms with van der Waals surface area (Å²) >= 11 is 0. The normalized spacial score (nSPS) is 18.5. The number of rotatable bonds is 9. The summed E-state index contributed by atoms with van der Waals surface area (Å²) in [7, 11) is 0. The molecule has 0 spiro atoms. The van der Waals surface area contributed by atoms with Crippen LogP contribution in [0.1, 0.15) is 30.0 Å². The van der Waals surface area contributed by atoms with Crippen LogP contribution in [-0.4, -0.2) is 42.1 Å². The number of ether oxygens (including phenoxy) is 2. The van der Waals surface area contributed by atoms with Gasteiger partial charge < -0.3 is 14.8 Å². The van der Waals surface area contributed by atoms with Crippen LogP contribution in [0.3, 0.4) is 0 Å². The number of hydrogen-bond donors (Lipinski definition) is 1. The molecule has 1 aliphatic heterocycles. The van der Waals surface area contributed by atoms with Crippen molar-refractivity contribution in [3.05, 3.63) is 59.2 Å². The Morgan fingerprint density at radius 1 is 1.06 bits per heavy atom. The van der Waals surface area contributed by atoms with Gasteiger partial charge in [0, 0.05) is 0 Å². The van der Waals surface area contributed by atoms with E-state index >= 15 is 0 Å². The predicted octanol–water partition coefficient (Wildman–Crippen LogP) is 4.23. The van der Waals surface area contributed by atoms with Crippen molar-refractivity contribution >= 4 is 11.9 Å². The second kappa shape index (κ2) is 9.32. The number of hydrogen-bond acceptors (Lipinski definition) is 4. The number of para-hydroxylation sites is 1. The van der Waals surface area contributed by atoms with Crippen molar-refractivity contribution in [2.45, 2.75) is 45.8 Å². The number of carbonyl (C=O) groups excluding carboxylic acids is 2. The Balaban J connectivity index is 1.55. The molecule has 0 radical (unpaired) electrons. The highest BCUT2D eigenvalue weighted by Gasteiger charge is 2.47. The molecule has 2 aromatic rings. The van der Waals surface area contributed by atoms with Crippen molar-refractivity contribution in [3.63, 3.8) is 0 Å². The van der Waals surface area contributed by atoms with Gasteiger partial charge in [0.25, 0.3) is 5.91 Å². The minimum Gasteiger partial charge on any atom is -0.491 e. The number of halogens is 2. The molecule has 0 aliphatic carbocycles. The number of urea groups is 1. The Labute approximate surface area is 180 Å². The van der Waals surface area contributed by atoms with E-state index in [-0.39, 0.29) is 24.8 Å². The largest absolute Gasteiger partial charge is 0.491 e. The van der Waals surface area contributed by atoms with E-state index in [1.165, 1.54) is 17.0 Å². The molecule has 1 unspecified atom stereocenters. The summed E-state index contributed by atoms with van der Waals surface area (Å²) in [4.78, 5) is 26.5. The molecule has 1 saturated heterocycles. The second-order valence-corrected chi connectivity index (χ2v) is 7.81. The van der Waals surface area contributed by atoms with E-state index in [0.29, 0.717) is 12.8 Å². The van der Waals surface area contributed by atoms with Crippen LogP contribution in [0.25, 0.3) is 0 Å². The van der Waals surface area contributed by atoms with Crippen LogP contribution in [0.15, 0.2) is 42.5 Å². The third kappa shape index (κ3) is 5.31. The fraction of sp³-hybridized carbons (Fsp3) is 0.391. The predicted molar refractivity (Wildman–Crippen MR) is 111 cm³/mol. The fourth-order valence-electron chi connectivity index (χ4n) is 3.62. The van der Waals surface area contributed by atoms with Gasteiger partial charge in [-0.15, -0.1) is 0 Å². The fourth-order valence-corrected chi connectivity index (χ4v) is 3.62. The number of nitrogens with zero attached hydrogens (tertiary/aromatic N) is 1. The molecule has 2 aromatic carbocycles. The Hall–Kier alpha value is -3.16. The quantitative estimate of drug-likeness (QED) is 0.603. The summed E-state index contributed by atoms with van der Waals surface area (Å²) in [5.74, 6) is 0.530. The van der Waals surface area contributed by atoms with Crippen molar-refractivity contribution < 1.29 is 27.8 Å². The number of imide groups is 1. The molecule has 0 bridgehead atoms. The van der Waals surface area contributed by atoms with Gasteiger partial charge in [0.15, 0.2) is 0 Å². The van der Waals surface area contributed by atoms with Gasteiger partial charge in [0.2, 0.25) is 0 Å². The lowest BCUT2D eigenvalue weighted by Gasteiger charge is -2.22. The number of alkyl halides is 2. The maximum atomic E-state index is 12.9. The molecule has 8 heteroatoms. The maximum Gasteiger partial charge on any atom is 0.387 e. The van der Waals surface area contributed by atoms with E-state index < -0.39 is 18.2 Å². The van der Waals surface area contributed by atoms with Crippen LogP contribution < -0.4 is 14.8 Å². The van der Waals surface area contributed by atoms with Gasteiger partial charge in [-0.3, -0.25) is 9.69 Å². The molecule has 0 aromatic heterocycles. The molecule has 1 aliphatic rings. The smallest absolute Gasteiger partial charge is 0.387 e. The Morgan fingerprint density at radius 2 is 1.71 bits per heavy atom. The van der Waals surface area contributed by atoms with Gasteiger partial charge in [-0.1, -0.05) is 30.3 Å². The van der Waals surface area contributed by atoms with Crippen molar-refractivity contribution in [1.29, 1.82) is 0 Å². The van der Waals surface area contributed by atoms with Crippen molar-refractivity contribution in [2.75, 3.05) is 13.2 Å². The Kier molecular flexibility index (Phi) is 6.77. The van der Waals surface area contributed by atoms with Gasteiger partial charge in [0.05, 0.1) is 6.54 Å².